The highest BCUT2D eigenvalue weighted by molar-refractivity contribution is 7.91. The Morgan fingerprint density at radius 3 is 2.26 bits per heavy atom. The fourth-order valence-corrected chi connectivity index (χ4v) is 9.53. The predicted octanol–water partition coefficient (Wildman–Crippen LogP) is 4.96. The summed E-state index contributed by atoms with van der Waals surface area (Å²) in [7, 11) is -5.22. The molecule has 0 aliphatic carbocycles. The molecule has 2 aliphatic rings. The van der Waals surface area contributed by atoms with E-state index in [4.69, 9.17) is 11.6 Å². The van der Waals surface area contributed by atoms with E-state index < -0.39 is 19.9 Å². The molecule has 0 bridgehead atoms. The molecule has 1 saturated heterocycles. The standard InChI is InChI=1S/C29H33ClN2O4S2/c1-31(38(35,36)26-7-3-2-4-8-26)21-24(23-11-13-25(30)14-12-23)15-18-32-19-16-29(17-20-32)22-37(33,34)28-10-6-5-9-27(28)29/h2-14,24H,15-22H2,1H3/t24-/m1/s1. The van der Waals surface area contributed by atoms with Gasteiger partial charge in [0.2, 0.25) is 10.0 Å². The summed E-state index contributed by atoms with van der Waals surface area (Å²) in [5, 5.41) is 0.644. The first-order valence-electron chi connectivity index (χ1n) is 12.9. The number of nitrogens with zero attached hydrogens (tertiary/aromatic N) is 2. The number of fused-ring (bicyclic) bond motifs is 2. The zero-order valence-electron chi connectivity index (χ0n) is 21.5. The molecule has 0 N–H and O–H groups in total. The molecule has 0 radical (unpaired) electrons. The van der Waals surface area contributed by atoms with E-state index in [1.807, 2.05) is 36.4 Å². The van der Waals surface area contributed by atoms with Gasteiger partial charge in [-0.05, 0) is 86.3 Å². The third-order valence-electron chi connectivity index (χ3n) is 8.14. The van der Waals surface area contributed by atoms with E-state index in [9.17, 15) is 16.8 Å². The Hall–Kier alpha value is -2.23. The number of likely N-dealkylation sites (N-methyl/N-ethyl adjacent to an activating group) is 1. The van der Waals surface area contributed by atoms with E-state index in [-0.39, 0.29) is 22.0 Å². The lowest BCUT2D eigenvalue weighted by molar-refractivity contribution is 0.165. The molecule has 1 atom stereocenters. The lowest BCUT2D eigenvalue weighted by Gasteiger charge is -2.39. The van der Waals surface area contributed by atoms with E-state index in [0.29, 0.717) is 16.5 Å². The Labute approximate surface area is 231 Å². The molecule has 0 saturated carbocycles. The normalized spacial score (nSPS) is 19.4. The van der Waals surface area contributed by atoms with Crippen LogP contribution in [0, 0.1) is 0 Å². The zero-order valence-corrected chi connectivity index (χ0v) is 23.9. The van der Waals surface area contributed by atoms with Gasteiger partial charge in [-0.25, -0.2) is 21.1 Å². The summed E-state index contributed by atoms with van der Waals surface area (Å²) in [5.41, 5.74) is 1.73. The second kappa shape index (κ2) is 10.7. The highest BCUT2D eigenvalue weighted by Gasteiger charge is 2.48. The molecule has 0 aromatic heterocycles. The summed E-state index contributed by atoms with van der Waals surface area (Å²) in [6.07, 6.45) is 2.38. The summed E-state index contributed by atoms with van der Waals surface area (Å²) in [5.74, 6) is 0.183. The third-order valence-corrected chi connectivity index (χ3v) is 12.2. The van der Waals surface area contributed by atoms with Crippen molar-refractivity contribution in [2.45, 2.75) is 40.4 Å². The number of hydrogen-bond acceptors (Lipinski definition) is 5. The van der Waals surface area contributed by atoms with Gasteiger partial charge in [0.1, 0.15) is 0 Å². The van der Waals surface area contributed by atoms with Gasteiger partial charge in [-0.15, -0.1) is 0 Å². The van der Waals surface area contributed by atoms with Crippen molar-refractivity contribution in [1.82, 2.24) is 9.21 Å². The van der Waals surface area contributed by atoms with Crippen molar-refractivity contribution < 1.29 is 16.8 Å². The van der Waals surface area contributed by atoms with Crippen molar-refractivity contribution >= 4 is 31.5 Å². The summed E-state index contributed by atoms with van der Waals surface area (Å²) in [6, 6.07) is 23.6. The maximum atomic E-state index is 13.2. The van der Waals surface area contributed by atoms with Crippen LogP contribution in [0.2, 0.25) is 5.02 Å². The van der Waals surface area contributed by atoms with Crippen molar-refractivity contribution in [3.8, 4) is 0 Å². The summed E-state index contributed by atoms with van der Waals surface area (Å²) >= 11 is 6.13. The molecule has 38 heavy (non-hydrogen) atoms. The minimum atomic E-state index is -3.61. The number of halogens is 1. The maximum Gasteiger partial charge on any atom is 0.242 e. The van der Waals surface area contributed by atoms with Gasteiger partial charge < -0.3 is 4.90 Å². The molecule has 5 rings (SSSR count). The number of hydrogen-bond donors (Lipinski definition) is 0. The number of sulfone groups is 1. The Kier molecular flexibility index (Phi) is 7.73. The molecule has 2 aliphatic heterocycles. The van der Waals surface area contributed by atoms with Crippen molar-refractivity contribution in [2.75, 3.05) is 39.0 Å². The van der Waals surface area contributed by atoms with Crippen molar-refractivity contribution in [3.05, 3.63) is 95.0 Å². The van der Waals surface area contributed by atoms with Crippen molar-refractivity contribution in [2.24, 2.45) is 0 Å². The zero-order chi connectivity index (χ0) is 27.0. The molecule has 202 valence electrons. The minimum Gasteiger partial charge on any atom is -0.303 e. The Bertz CT molecular complexity index is 1490. The van der Waals surface area contributed by atoms with Crippen LogP contribution in [0.4, 0.5) is 0 Å². The Morgan fingerprint density at radius 1 is 0.947 bits per heavy atom. The molecule has 6 nitrogen and oxygen atoms in total. The Morgan fingerprint density at radius 2 is 1.58 bits per heavy atom. The SMILES string of the molecule is CN(C[C@@H](CCN1CCC2(CC1)CS(=O)(=O)c1ccccc12)c1ccc(Cl)cc1)S(=O)(=O)c1ccccc1. The second-order valence-corrected chi connectivity index (χ2v) is 15.0. The Balaban J connectivity index is 1.28. The first kappa shape index (κ1) is 27.3. The van der Waals surface area contributed by atoms with Crippen molar-refractivity contribution in [1.29, 1.82) is 0 Å². The predicted molar refractivity (Wildman–Crippen MR) is 151 cm³/mol. The topological polar surface area (TPSA) is 74.8 Å². The van der Waals surface area contributed by atoms with Crippen LogP contribution in [0.15, 0.2) is 88.7 Å². The van der Waals surface area contributed by atoms with Gasteiger partial charge in [0, 0.05) is 24.0 Å². The number of benzene rings is 3. The average molecular weight is 573 g/mol. The van der Waals surface area contributed by atoms with Crippen LogP contribution in [0.5, 0.6) is 0 Å². The van der Waals surface area contributed by atoms with Gasteiger partial charge >= 0.3 is 0 Å². The monoisotopic (exact) mass is 572 g/mol. The fraction of sp³-hybridized carbons (Fsp3) is 0.379. The molecular formula is C29H33ClN2O4S2. The van der Waals surface area contributed by atoms with Crippen LogP contribution < -0.4 is 0 Å². The smallest absolute Gasteiger partial charge is 0.242 e. The van der Waals surface area contributed by atoms with Gasteiger partial charge in [0.15, 0.2) is 9.84 Å². The molecule has 3 aromatic carbocycles. The van der Waals surface area contributed by atoms with Crippen LogP contribution in [-0.4, -0.2) is 65.0 Å². The van der Waals surface area contributed by atoms with Gasteiger partial charge in [0.25, 0.3) is 0 Å². The van der Waals surface area contributed by atoms with E-state index in [2.05, 4.69) is 4.90 Å². The van der Waals surface area contributed by atoms with Crippen LogP contribution in [-0.2, 0) is 25.3 Å². The summed E-state index contributed by atoms with van der Waals surface area (Å²) in [4.78, 5) is 3.16. The van der Waals surface area contributed by atoms with E-state index in [0.717, 1.165) is 50.0 Å². The third kappa shape index (κ3) is 5.42. The van der Waals surface area contributed by atoms with Crippen LogP contribution >= 0.6 is 11.6 Å². The fourth-order valence-electron chi connectivity index (χ4n) is 5.93. The number of piperidine rings is 1. The molecule has 0 amide bonds. The van der Waals surface area contributed by atoms with E-state index >= 15 is 0 Å². The number of likely N-dealkylation sites (tertiary alicyclic amines) is 1. The quantitative estimate of drug-likeness (QED) is 0.381. The van der Waals surface area contributed by atoms with E-state index in [1.165, 1.54) is 4.31 Å². The summed E-state index contributed by atoms with van der Waals surface area (Å²) in [6.45, 7) is 2.78. The van der Waals surface area contributed by atoms with Gasteiger partial charge in [0.05, 0.1) is 15.5 Å². The van der Waals surface area contributed by atoms with Crippen LogP contribution in [0.25, 0.3) is 0 Å². The molecule has 0 unspecified atom stereocenters. The number of sulfonamides is 1. The molecule has 1 fully saturated rings. The summed E-state index contributed by atoms with van der Waals surface area (Å²) < 4.78 is 53.5. The maximum absolute atomic E-state index is 13.2. The highest BCUT2D eigenvalue weighted by atomic mass is 35.5. The van der Waals surface area contributed by atoms with E-state index in [1.54, 1.807) is 49.5 Å². The van der Waals surface area contributed by atoms with Crippen LogP contribution in [0.1, 0.15) is 36.3 Å². The second-order valence-electron chi connectivity index (χ2n) is 10.5. The van der Waals surface area contributed by atoms with Gasteiger partial charge in [-0.2, -0.15) is 0 Å². The largest absolute Gasteiger partial charge is 0.303 e. The van der Waals surface area contributed by atoms with Crippen molar-refractivity contribution in [3.63, 3.8) is 0 Å². The molecule has 3 aromatic rings. The van der Waals surface area contributed by atoms with Gasteiger partial charge in [-0.3, -0.25) is 0 Å². The lowest BCUT2D eigenvalue weighted by atomic mass is 9.74. The molecule has 1 spiro atoms. The average Bonchev–Trinajstić information content (AvgIpc) is 3.14. The molecule has 9 heteroatoms. The first-order chi connectivity index (χ1) is 18.1. The number of rotatable bonds is 8. The van der Waals surface area contributed by atoms with Gasteiger partial charge in [-0.1, -0.05) is 60.1 Å². The highest BCUT2D eigenvalue weighted by Crippen LogP contribution is 2.46. The first-order valence-corrected chi connectivity index (χ1v) is 16.4. The minimum absolute atomic E-state index is 0.0146. The molecular weight excluding hydrogens is 540 g/mol. The lowest BCUT2D eigenvalue weighted by Crippen LogP contribution is -2.44. The van der Waals surface area contributed by atoms with Crippen LogP contribution in [0.3, 0.4) is 0 Å². The molecule has 2 heterocycles.